The maximum atomic E-state index is 11.9. The molecule has 1 fully saturated rings. The molecule has 0 spiro atoms. The van der Waals surface area contributed by atoms with E-state index >= 15 is 0 Å². The number of ether oxygens (including phenoxy) is 1. The van der Waals surface area contributed by atoms with Gasteiger partial charge in [-0.25, -0.2) is 0 Å². The van der Waals surface area contributed by atoms with Gasteiger partial charge >= 0.3 is 6.36 Å². The van der Waals surface area contributed by atoms with Crippen LogP contribution in [0.15, 0.2) is 30.3 Å². The molecule has 0 amide bonds. The number of allylic oxidation sites excluding steroid dienone is 1. The fraction of sp³-hybridized carbons (Fsp3) is 0.308. The minimum atomic E-state index is -4.68. The minimum Gasteiger partial charge on any atom is -0.406 e. The molecular formula is C13H11F3O2. The maximum absolute atomic E-state index is 11.9. The van der Waals surface area contributed by atoms with E-state index in [0.29, 0.717) is 5.56 Å². The molecule has 0 aliphatic heterocycles. The van der Waals surface area contributed by atoms with Crippen LogP contribution in [0.5, 0.6) is 5.75 Å². The molecule has 1 saturated carbocycles. The van der Waals surface area contributed by atoms with Gasteiger partial charge in [0, 0.05) is 5.92 Å². The zero-order chi connectivity index (χ0) is 13.2. The average Bonchev–Trinajstić information content (AvgIpc) is 3.09. The Morgan fingerprint density at radius 3 is 2.33 bits per heavy atom. The van der Waals surface area contributed by atoms with E-state index in [9.17, 15) is 18.0 Å². The SMILES string of the molecule is O=C(C=Cc1ccc(OC(F)(F)F)cc1)C1CC1. The molecule has 0 aromatic heterocycles. The summed E-state index contributed by atoms with van der Waals surface area (Å²) in [5.41, 5.74) is 0.665. The van der Waals surface area contributed by atoms with E-state index in [1.807, 2.05) is 0 Å². The fourth-order valence-electron chi connectivity index (χ4n) is 1.46. The van der Waals surface area contributed by atoms with E-state index in [-0.39, 0.29) is 17.5 Å². The molecule has 18 heavy (non-hydrogen) atoms. The summed E-state index contributed by atoms with van der Waals surface area (Å²) < 4.78 is 39.5. The molecule has 1 aliphatic carbocycles. The van der Waals surface area contributed by atoms with Gasteiger partial charge in [-0.3, -0.25) is 4.79 Å². The Morgan fingerprint density at radius 2 is 1.83 bits per heavy atom. The van der Waals surface area contributed by atoms with Crippen LogP contribution in [-0.4, -0.2) is 12.1 Å². The predicted octanol–water partition coefficient (Wildman–Crippen LogP) is 3.58. The molecule has 0 unspecified atom stereocenters. The molecule has 1 aliphatic rings. The van der Waals surface area contributed by atoms with Crippen LogP contribution in [0.25, 0.3) is 6.08 Å². The summed E-state index contributed by atoms with van der Waals surface area (Å²) >= 11 is 0. The Hall–Kier alpha value is -1.78. The van der Waals surface area contributed by atoms with Crippen LogP contribution in [0.2, 0.25) is 0 Å². The number of carbonyl (C=O) groups excluding carboxylic acids is 1. The van der Waals surface area contributed by atoms with Crippen molar-refractivity contribution in [1.29, 1.82) is 0 Å². The Kier molecular flexibility index (Phi) is 3.41. The molecule has 0 radical (unpaired) electrons. The van der Waals surface area contributed by atoms with Gasteiger partial charge in [0.1, 0.15) is 5.75 Å². The topological polar surface area (TPSA) is 26.3 Å². The third-order valence-electron chi connectivity index (χ3n) is 2.53. The Bertz CT molecular complexity index is 456. The van der Waals surface area contributed by atoms with Gasteiger partial charge in [-0.2, -0.15) is 0 Å². The van der Waals surface area contributed by atoms with Gasteiger partial charge in [-0.15, -0.1) is 13.2 Å². The second-order valence-electron chi connectivity index (χ2n) is 4.13. The second kappa shape index (κ2) is 4.84. The number of benzene rings is 1. The van der Waals surface area contributed by atoms with Gasteiger partial charge in [0.25, 0.3) is 0 Å². The molecule has 0 bridgehead atoms. The number of halogens is 3. The van der Waals surface area contributed by atoms with Crippen LogP contribution >= 0.6 is 0 Å². The molecule has 0 atom stereocenters. The number of hydrogen-bond donors (Lipinski definition) is 0. The Labute approximate surface area is 102 Å². The van der Waals surface area contributed by atoms with Crippen molar-refractivity contribution in [1.82, 2.24) is 0 Å². The number of alkyl halides is 3. The third-order valence-corrected chi connectivity index (χ3v) is 2.53. The van der Waals surface area contributed by atoms with Crippen LogP contribution in [0.1, 0.15) is 18.4 Å². The minimum absolute atomic E-state index is 0.0746. The van der Waals surface area contributed by atoms with Gasteiger partial charge in [0.15, 0.2) is 5.78 Å². The van der Waals surface area contributed by atoms with Crippen molar-refractivity contribution >= 4 is 11.9 Å². The molecule has 1 aromatic rings. The lowest BCUT2D eigenvalue weighted by Gasteiger charge is -2.08. The lowest BCUT2D eigenvalue weighted by Crippen LogP contribution is -2.16. The van der Waals surface area contributed by atoms with E-state index in [1.165, 1.54) is 30.3 Å². The first-order chi connectivity index (χ1) is 8.44. The van der Waals surface area contributed by atoms with Crippen molar-refractivity contribution in [3.63, 3.8) is 0 Å². The van der Waals surface area contributed by atoms with Crippen LogP contribution in [0.4, 0.5) is 13.2 Å². The summed E-state index contributed by atoms with van der Waals surface area (Å²) in [7, 11) is 0. The molecule has 2 rings (SSSR count). The quantitative estimate of drug-likeness (QED) is 0.770. The summed E-state index contributed by atoms with van der Waals surface area (Å²) in [6.45, 7) is 0. The van der Waals surface area contributed by atoms with Crippen LogP contribution in [0.3, 0.4) is 0 Å². The van der Waals surface area contributed by atoms with Crippen molar-refractivity contribution in [2.75, 3.05) is 0 Å². The number of carbonyl (C=O) groups is 1. The first-order valence-corrected chi connectivity index (χ1v) is 5.52. The Balaban J connectivity index is 1.96. The highest BCUT2D eigenvalue weighted by atomic mass is 19.4. The van der Waals surface area contributed by atoms with E-state index in [4.69, 9.17) is 0 Å². The van der Waals surface area contributed by atoms with E-state index in [0.717, 1.165) is 12.8 Å². The monoisotopic (exact) mass is 256 g/mol. The van der Waals surface area contributed by atoms with Crippen molar-refractivity contribution in [3.8, 4) is 5.75 Å². The molecule has 0 heterocycles. The number of hydrogen-bond acceptors (Lipinski definition) is 2. The largest absolute Gasteiger partial charge is 0.573 e. The van der Waals surface area contributed by atoms with Gasteiger partial charge < -0.3 is 4.74 Å². The van der Waals surface area contributed by atoms with Gasteiger partial charge in [0.2, 0.25) is 0 Å². The van der Waals surface area contributed by atoms with Gasteiger partial charge in [0.05, 0.1) is 0 Å². The molecule has 0 N–H and O–H groups in total. The van der Waals surface area contributed by atoms with E-state index < -0.39 is 6.36 Å². The first-order valence-electron chi connectivity index (χ1n) is 5.52. The van der Waals surface area contributed by atoms with Crippen LogP contribution in [-0.2, 0) is 4.79 Å². The van der Waals surface area contributed by atoms with Crippen LogP contribution < -0.4 is 4.74 Å². The first kappa shape index (κ1) is 12.7. The van der Waals surface area contributed by atoms with Gasteiger partial charge in [-0.05, 0) is 36.6 Å². The van der Waals surface area contributed by atoms with Crippen LogP contribution in [0, 0.1) is 5.92 Å². The third kappa shape index (κ3) is 3.91. The molecule has 0 saturated heterocycles. The highest BCUT2D eigenvalue weighted by Crippen LogP contribution is 2.30. The summed E-state index contributed by atoms with van der Waals surface area (Å²) in [6, 6.07) is 5.37. The van der Waals surface area contributed by atoms with Crippen molar-refractivity contribution in [2.45, 2.75) is 19.2 Å². The van der Waals surface area contributed by atoms with E-state index in [2.05, 4.69) is 4.74 Å². The predicted molar refractivity (Wildman–Crippen MR) is 59.9 cm³/mol. The lowest BCUT2D eigenvalue weighted by molar-refractivity contribution is -0.274. The van der Waals surface area contributed by atoms with Crippen molar-refractivity contribution < 1.29 is 22.7 Å². The Morgan fingerprint density at radius 1 is 1.22 bits per heavy atom. The summed E-state index contributed by atoms with van der Waals surface area (Å²) in [5, 5.41) is 0. The molecule has 1 aromatic carbocycles. The van der Waals surface area contributed by atoms with Gasteiger partial charge in [-0.1, -0.05) is 18.2 Å². The lowest BCUT2D eigenvalue weighted by atomic mass is 10.1. The summed E-state index contributed by atoms with van der Waals surface area (Å²) in [6.07, 6.45) is 0.248. The highest BCUT2D eigenvalue weighted by molar-refractivity contribution is 5.96. The average molecular weight is 256 g/mol. The highest BCUT2D eigenvalue weighted by Gasteiger charge is 2.31. The molecule has 5 heteroatoms. The smallest absolute Gasteiger partial charge is 0.406 e. The zero-order valence-corrected chi connectivity index (χ0v) is 9.41. The van der Waals surface area contributed by atoms with E-state index in [1.54, 1.807) is 6.08 Å². The molecule has 96 valence electrons. The fourth-order valence-corrected chi connectivity index (χ4v) is 1.46. The standard InChI is InChI=1S/C13H11F3O2/c14-13(15,16)18-11-6-1-9(2-7-11)3-8-12(17)10-4-5-10/h1-3,6-8,10H,4-5H2. The zero-order valence-electron chi connectivity index (χ0n) is 9.41. The normalized spacial score (nSPS) is 15.9. The van der Waals surface area contributed by atoms with Crippen molar-refractivity contribution in [3.05, 3.63) is 35.9 Å². The maximum Gasteiger partial charge on any atom is 0.573 e. The summed E-state index contributed by atoms with van der Waals surface area (Å²) in [4.78, 5) is 11.4. The number of rotatable bonds is 4. The molecular weight excluding hydrogens is 245 g/mol. The second-order valence-corrected chi connectivity index (χ2v) is 4.13. The summed E-state index contributed by atoms with van der Waals surface area (Å²) in [5.74, 6) is -0.0483. The molecule has 2 nitrogen and oxygen atoms in total. The number of ketones is 1. The van der Waals surface area contributed by atoms with Crippen molar-refractivity contribution in [2.24, 2.45) is 5.92 Å².